The minimum Gasteiger partial charge on any atom is -0.317 e. The number of oxime groups is 1. The highest BCUT2D eigenvalue weighted by Gasteiger charge is 2.32. The van der Waals surface area contributed by atoms with Crippen LogP contribution in [0, 0.1) is 0 Å². The van der Waals surface area contributed by atoms with Gasteiger partial charge in [0.15, 0.2) is 0 Å². The molecule has 1 aliphatic carbocycles. The van der Waals surface area contributed by atoms with Crippen LogP contribution in [0.5, 0.6) is 0 Å². The predicted octanol–water partition coefficient (Wildman–Crippen LogP) is 2.32. The third kappa shape index (κ3) is 0.894. The Balaban J connectivity index is 2.10. The van der Waals surface area contributed by atoms with Crippen LogP contribution < -0.4 is 0 Å². The minimum atomic E-state index is -0.162. The van der Waals surface area contributed by atoms with Crippen LogP contribution in [0.15, 0.2) is 9.55 Å². The maximum atomic E-state index is 5.27. The van der Waals surface area contributed by atoms with Crippen molar-refractivity contribution in [3.63, 3.8) is 0 Å². The van der Waals surface area contributed by atoms with Gasteiger partial charge in [-0.05, 0) is 25.7 Å². The molecule has 64 valence electrons. The summed E-state index contributed by atoms with van der Waals surface area (Å²) in [6.07, 6.45) is 4.68. The molecule has 0 saturated heterocycles. The third-order valence-corrected chi connectivity index (χ3v) is 4.96. The molecule has 0 spiro atoms. The predicted molar refractivity (Wildman–Crippen MR) is 54.6 cm³/mol. The van der Waals surface area contributed by atoms with Crippen LogP contribution in [0.1, 0.15) is 25.7 Å². The summed E-state index contributed by atoms with van der Waals surface area (Å²) < 4.78 is 9.68. The summed E-state index contributed by atoms with van der Waals surface area (Å²) in [4.78, 5) is 1.32. The van der Waals surface area contributed by atoms with E-state index >= 15 is 0 Å². The molecular formula is C7H8N2OS2. The SMILES string of the molecule is C1CCC2=NSS3=C2C(=NO3)C1. The van der Waals surface area contributed by atoms with Crippen molar-refractivity contribution in [2.75, 3.05) is 0 Å². The van der Waals surface area contributed by atoms with Gasteiger partial charge in [-0.15, -0.1) is 0 Å². The number of nitrogens with zero attached hydrogens (tertiary/aromatic N) is 2. The van der Waals surface area contributed by atoms with Crippen LogP contribution in [-0.2, 0) is 4.28 Å². The Hall–Kier alpha value is -0.290. The molecule has 12 heavy (non-hydrogen) atoms. The first-order valence-corrected chi connectivity index (χ1v) is 6.50. The Morgan fingerprint density at radius 3 is 3.00 bits per heavy atom. The highest BCUT2D eigenvalue weighted by Crippen LogP contribution is 2.45. The molecule has 0 amide bonds. The van der Waals surface area contributed by atoms with E-state index in [1.54, 1.807) is 11.0 Å². The Morgan fingerprint density at radius 2 is 2.08 bits per heavy atom. The highest BCUT2D eigenvalue weighted by molar-refractivity contribution is 8.82. The van der Waals surface area contributed by atoms with E-state index in [0.717, 1.165) is 12.8 Å². The molecule has 0 N–H and O–H groups in total. The van der Waals surface area contributed by atoms with Crippen molar-refractivity contribution in [3.8, 4) is 0 Å². The van der Waals surface area contributed by atoms with Crippen molar-refractivity contribution in [1.82, 2.24) is 0 Å². The van der Waals surface area contributed by atoms with Gasteiger partial charge < -0.3 is 4.28 Å². The van der Waals surface area contributed by atoms with E-state index in [0.29, 0.717) is 0 Å². The summed E-state index contributed by atoms with van der Waals surface area (Å²) in [5.41, 5.74) is 2.41. The lowest BCUT2D eigenvalue weighted by molar-refractivity contribution is 0.413. The fraction of sp³-hybridized carbons (Fsp3) is 0.571. The van der Waals surface area contributed by atoms with Gasteiger partial charge in [0.25, 0.3) is 0 Å². The first kappa shape index (κ1) is 7.15. The van der Waals surface area contributed by atoms with E-state index in [1.807, 2.05) is 0 Å². The van der Waals surface area contributed by atoms with E-state index in [9.17, 15) is 0 Å². The highest BCUT2D eigenvalue weighted by atomic mass is 33.1. The quantitative estimate of drug-likeness (QED) is 0.341. The Labute approximate surface area is 76.9 Å². The molecule has 2 aliphatic heterocycles. The van der Waals surface area contributed by atoms with Gasteiger partial charge >= 0.3 is 0 Å². The monoisotopic (exact) mass is 200 g/mol. The maximum absolute atomic E-state index is 5.27. The van der Waals surface area contributed by atoms with Crippen LogP contribution in [-0.4, -0.2) is 16.3 Å². The summed E-state index contributed by atoms with van der Waals surface area (Å²) >= 11 is 0. The van der Waals surface area contributed by atoms with Gasteiger partial charge in [0.05, 0.1) is 21.6 Å². The van der Waals surface area contributed by atoms with Crippen molar-refractivity contribution >= 4 is 37.1 Å². The van der Waals surface area contributed by atoms with Gasteiger partial charge in [0.2, 0.25) is 0 Å². The smallest absolute Gasteiger partial charge is 0.118 e. The van der Waals surface area contributed by atoms with Crippen LogP contribution in [0.25, 0.3) is 0 Å². The lowest BCUT2D eigenvalue weighted by atomic mass is 10.1. The van der Waals surface area contributed by atoms with Gasteiger partial charge in [0.1, 0.15) is 15.5 Å². The molecule has 1 fully saturated rings. The number of hydrogen-bond acceptors (Lipinski definition) is 4. The van der Waals surface area contributed by atoms with E-state index in [2.05, 4.69) is 9.55 Å². The zero-order valence-electron chi connectivity index (χ0n) is 6.45. The minimum absolute atomic E-state index is 0.162. The number of hydrogen-bond donors (Lipinski definition) is 0. The second-order valence-corrected chi connectivity index (χ2v) is 5.71. The molecule has 3 aliphatic rings. The van der Waals surface area contributed by atoms with Crippen molar-refractivity contribution in [1.29, 1.82) is 0 Å². The lowest BCUT2D eigenvalue weighted by Gasteiger charge is -1.94. The number of rotatable bonds is 0. The van der Waals surface area contributed by atoms with Crippen molar-refractivity contribution in [2.45, 2.75) is 25.7 Å². The summed E-state index contributed by atoms with van der Waals surface area (Å²) in [7, 11) is 1.38. The van der Waals surface area contributed by atoms with Crippen LogP contribution in [0.2, 0.25) is 0 Å². The van der Waals surface area contributed by atoms with Crippen LogP contribution >= 0.6 is 20.8 Å². The van der Waals surface area contributed by atoms with Crippen molar-refractivity contribution < 1.29 is 4.28 Å². The topological polar surface area (TPSA) is 34.0 Å². The van der Waals surface area contributed by atoms with Gasteiger partial charge in [-0.2, -0.15) is 0 Å². The zero-order chi connectivity index (χ0) is 7.97. The van der Waals surface area contributed by atoms with E-state index in [1.165, 1.54) is 29.1 Å². The van der Waals surface area contributed by atoms with Gasteiger partial charge in [-0.1, -0.05) is 5.16 Å². The molecule has 1 unspecified atom stereocenters. The first-order valence-electron chi connectivity index (χ1n) is 4.06. The molecule has 0 aromatic rings. The average Bonchev–Trinajstić information content (AvgIpc) is 2.57. The molecule has 2 heterocycles. The molecule has 3 rings (SSSR count). The molecule has 0 bridgehead atoms. The maximum Gasteiger partial charge on any atom is 0.118 e. The summed E-state index contributed by atoms with van der Waals surface area (Å²) in [5, 5.41) is 4.09. The van der Waals surface area contributed by atoms with E-state index in [-0.39, 0.29) is 9.80 Å². The van der Waals surface area contributed by atoms with E-state index < -0.39 is 0 Å². The molecule has 0 aromatic carbocycles. The first-order chi connectivity index (χ1) is 5.95. The summed E-state index contributed by atoms with van der Waals surface area (Å²) in [6.45, 7) is 0. The normalized spacial score (nSPS) is 32.0. The molecule has 0 aromatic heterocycles. The van der Waals surface area contributed by atoms with E-state index in [4.69, 9.17) is 4.28 Å². The molecular weight excluding hydrogens is 192 g/mol. The molecule has 1 saturated carbocycles. The fourth-order valence-corrected chi connectivity index (χ4v) is 4.44. The molecule has 3 nitrogen and oxygen atoms in total. The molecule has 5 heteroatoms. The molecule has 0 radical (unpaired) electrons. The van der Waals surface area contributed by atoms with Crippen molar-refractivity contribution in [3.05, 3.63) is 0 Å². The fourth-order valence-electron chi connectivity index (χ4n) is 1.59. The zero-order valence-corrected chi connectivity index (χ0v) is 8.08. The summed E-state index contributed by atoms with van der Waals surface area (Å²) in [6, 6.07) is 0. The largest absolute Gasteiger partial charge is 0.317 e. The Kier molecular flexibility index (Phi) is 1.55. The average molecular weight is 200 g/mol. The third-order valence-electron chi connectivity index (χ3n) is 2.20. The summed E-state index contributed by atoms with van der Waals surface area (Å²) in [5.74, 6) is 0. The molecule has 1 atom stereocenters. The van der Waals surface area contributed by atoms with Crippen LogP contribution in [0.4, 0.5) is 0 Å². The van der Waals surface area contributed by atoms with Gasteiger partial charge in [-0.3, -0.25) is 0 Å². The van der Waals surface area contributed by atoms with Crippen LogP contribution in [0.3, 0.4) is 0 Å². The second kappa shape index (κ2) is 2.60. The Bertz CT molecular complexity index is 302. The standard InChI is InChI=1S/C7H8N2OS2/c1-2-4-6-7-5(3-1)8-10-12(7)11-9-6/h1-4H2. The van der Waals surface area contributed by atoms with Crippen molar-refractivity contribution in [2.24, 2.45) is 9.55 Å². The lowest BCUT2D eigenvalue weighted by Crippen LogP contribution is -2.16. The Morgan fingerprint density at radius 1 is 1.25 bits per heavy atom. The van der Waals surface area contributed by atoms with Gasteiger partial charge in [-0.25, -0.2) is 4.40 Å². The van der Waals surface area contributed by atoms with Gasteiger partial charge in [0, 0.05) is 0 Å². The second-order valence-electron chi connectivity index (χ2n) is 3.00.